The van der Waals surface area contributed by atoms with Gasteiger partial charge in [0, 0.05) is 30.5 Å². The lowest BCUT2D eigenvalue weighted by molar-refractivity contribution is -0.118. The molecule has 0 aliphatic carbocycles. The second-order valence-electron chi connectivity index (χ2n) is 5.54. The SMILES string of the molecule is O=C(COc1cccc(F)c1)Nc1ccc(N2CCCC2)cc1. The van der Waals surface area contributed by atoms with Crippen molar-refractivity contribution in [2.24, 2.45) is 0 Å². The van der Waals surface area contributed by atoms with Crippen LogP contribution in [0.15, 0.2) is 48.5 Å². The highest BCUT2D eigenvalue weighted by atomic mass is 19.1. The first-order chi connectivity index (χ1) is 11.2. The molecule has 1 aliphatic heterocycles. The average molecular weight is 314 g/mol. The van der Waals surface area contributed by atoms with Gasteiger partial charge in [-0.25, -0.2) is 4.39 Å². The van der Waals surface area contributed by atoms with Crippen LogP contribution in [0.3, 0.4) is 0 Å². The minimum atomic E-state index is -0.389. The zero-order valence-corrected chi connectivity index (χ0v) is 12.8. The van der Waals surface area contributed by atoms with Gasteiger partial charge in [0.25, 0.3) is 5.91 Å². The van der Waals surface area contributed by atoms with Gasteiger partial charge in [0.15, 0.2) is 6.61 Å². The van der Waals surface area contributed by atoms with Gasteiger partial charge >= 0.3 is 0 Å². The van der Waals surface area contributed by atoms with E-state index in [2.05, 4.69) is 10.2 Å². The van der Waals surface area contributed by atoms with Crippen LogP contribution in [0.4, 0.5) is 15.8 Å². The van der Waals surface area contributed by atoms with Crippen molar-refractivity contribution in [1.29, 1.82) is 0 Å². The highest BCUT2D eigenvalue weighted by molar-refractivity contribution is 5.92. The number of amides is 1. The Hall–Kier alpha value is -2.56. The van der Waals surface area contributed by atoms with Crippen LogP contribution in [-0.4, -0.2) is 25.6 Å². The Kier molecular flexibility index (Phi) is 4.76. The third-order valence-electron chi connectivity index (χ3n) is 3.79. The van der Waals surface area contributed by atoms with Crippen LogP contribution < -0.4 is 15.0 Å². The number of nitrogens with zero attached hydrogens (tertiary/aromatic N) is 1. The van der Waals surface area contributed by atoms with E-state index in [1.165, 1.54) is 30.7 Å². The molecule has 1 aliphatic rings. The molecule has 0 unspecified atom stereocenters. The van der Waals surface area contributed by atoms with Crippen LogP contribution in [0.25, 0.3) is 0 Å². The average Bonchev–Trinajstić information content (AvgIpc) is 3.08. The summed E-state index contributed by atoms with van der Waals surface area (Å²) < 4.78 is 18.3. The number of hydrogen-bond donors (Lipinski definition) is 1. The predicted octanol–water partition coefficient (Wildman–Crippen LogP) is 3.44. The topological polar surface area (TPSA) is 41.6 Å². The molecule has 0 atom stereocenters. The second-order valence-corrected chi connectivity index (χ2v) is 5.54. The van der Waals surface area contributed by atoms with Gasteiger partial charge < -0.3 is 15.0 Å². The lowest BCUT2D eigenvalue weighted by Crippen LogP contribution is -2.20. The van der Waals surface area contributed by atoms with Gasteiger partial charge in [-0.15, -0.1) is 0 Å². The molecule has 1 fully saturated rings. The van der Waals surface area contributed by atoms with Crippen molar-refractivity contribution in [2.75, 3.05) is 29.9 Å². The van der Waals surface area contributed by atoms with Crippen molar-refractivity contribution < 1.29 is 13.9 Å². The van der Waals surface area contributed by atoms with Crippen molar-refractivity contribution in [2.45, 2.75) is 12.8 Å². The molecule has 1 N–H and O–H groups in total. The first-order valence-corrected chi connectivity index (χ1v) is 7.74. The fourth-order valence-electron chi connectivity index (χ4n) is 2.63. The highest BCUT2D eigenvalue weighted by Crippen LogP contribution is 2.22. The maximum Gasteiger partial charge on any atom is 0.262 e. The number of ether oxygens (including phenoxy) is 1. The van der Waals surface area contributed by atoms with E-state index in [1.54, 1.807) is 12.1 Å². The second kappa shape index (κ2) is 7.13. The minimum absolute atomic E-state index is 0.155. The third kappa shape index (κ3) is 4.22. The highest BCUT2D eigenvalue weighted by Gasteiger charge is 2.12. The Balaban J connectivity index is 1.51. The molecule has 0 aromatic heterocycles. The van der Waals surface area contributed by atoms with E-state index in [9.17, 15) is 9.18 Å². The summed E-state index contributed by atoms with van der Waals surface area (Å²) in [4.78, 5) is 14.2. The minimum Gasteiger partial charge on any atom is -0.484 e. The molecule has 5 heteroatoms. The quantitative estimate of drug-likeness (QED) is 0.919. The number of benzene rings is 2. The van der Waals surface area contributed by atoms with E-state index in [4.69, 9.17) is 4.74 Å². The van der Waals surface area contributed by atoms with Crippen molar-refractivity contribution >= 4 is 17.3 Å². The molecular formula is C18H19FN2O2. The van der Waals surface area contributed by atoms with Gasteiger partial charge in [-0.1, -0.05) is 6.07 Å². The molecule has 1 saturated heterocycles. The van der Waals surface area contributed by atoms with Crippen molar-refractivity contribution in [3.05, 3.63) is 54.3 Å². The van der Waals surface area contributed by atoms with E-state index < -0.39 is 0 Å². The molecule has 3 rings (SSSR count). The molecule has 0 bridgehead atoms. The summed E-state index contributed by atoms with van der Waals surface area (Å²) in [6, 6.07) is 13.5. The normalized spacial score (nSPS) is 13.9. The lowest BCUT2D eigenvalue weighted by Gasteiger charge is -2.17. The van der Waals surface area contributed by atoms with Gasteiger partial charge in [0.1, 0.15) is 11.6 Å². The summed E-state index contributed by atoms with van der Waals surface area (Å²) in [7, 11) is 0. The molecule has 23 heavy (non-hydrogen) atoms. The fourth-order valence-corrected chi connectivity index (χ4v) is 2.63. The maximum absolute atomic E-state index is 13.0. The molecule has 120 valence electrons. The van der Waals surface area contributed by atoms with Crippen LogP contribution >= 0.6 is 0 Å². The van der Waals surface area contributed by atoms with E-state index in [0.29, 0.717) is 5.75 Å². The molecule has 2 aromatic rings. The molecule has 0 spiro atoms. The molecule has 1 amide bonds. The predicted molar refractivity (Wildman–Crippen MR) is 88.4 cm³/mol. The number of carbonyl (C=O) groups excluding carboxylic acids is 1. The van der Waals surface area contributed by atoms with Crippen molar-refractivity contribution in [3.63, 3.8) is 0 Å². The van der Waals surface area contributed by atoms with Crippen LogP contribution in [0.1, 0.15) is 12.8 Å². The number of carbonyl (C=O) groups is 1. The number of hydrogen-bond acceptors (Lipinski definition) is 3. The monoisotopic (exact) mass is 314 g/mol. The van der Waals surface area contributed by atoms with Crippen molar-refractivity contribution in [3.8, 4) is 5.75 Å². The maximum atomic E-state index is 13.0. The first-order valence-electron chi connectivity index (χ1n) is 7.74. The summed E-state index contributed by atoms with van der Waals surface area (Å²) in [5.74, 6) is -0.326. The zero-order valence-electron chi connectivity index (χ0n) is 12.8. The molecule has 1 heterocycles. The summed E-state index contributed by atoms with van der Waals surface area (Å²) >= 11 is 0. The van der Waals surface area contributed by atoms with E-state index in [-0.39, 0.29) is 18.3 Å². The van der Waals surface area contributed by atoms with Crippen LogP contribution in [0.5, 0.6) is 5.75 Å². The summed E-state index contributed by atoms with van der Waals surface area (Å²) in [6.45, 7) is 2.03. The van der Waals surface area contributed by atoms with Crippen LogP contribution in [-0.2, 0) is 4.79 Å². The van der Waals surface area contributed by atoms with Gasteiger partial charge in [-0.05, 0) is 49.2 Å². The Morgan fingerprint density at radius 1 is 1.13 bits per heavy atom. The Labute approximate surface area is 134 Å². The molecule has 2 aromatic carbocycles. The Morgan fingerprint density at radius 2 is 1.87 bits per heavy atom. The van der Waals surface area contributed by atoms with Gasteiger partial charge in [0.2, 0.25) is 0 Å². The Morgan fingerprint density at radius 3 is 2.57 bits per heavy atom. The summed E-state index contributed by atoms with van der Waals surface area (Å²) in [5.41, 5.74) is 1.90. The molecular weight excluding hydrogens is 295 g/mol. The molecule has 0 saturated carbocycles. The number of halogens is 1. The molecule has 0 radical (unpaired) electrons. The first kappa shape index (κ1) is 15.3. The third-order valence-corrected chi connectivity index (χ3v) is 3.79. The summed E-state index contributed by atoms with van der Waals surface area (Å²) in [5, 5.41) is 2.77. The summed E-state index contributed by atoms with van der Waals surface area (Å²) in [6.07, 6.45) is 2.46. The number of rotatable bonds is 5. The van der Waals surface area contributed by atoms with E-state index in [0.717, 1.165) is 18.8 Å². The standard InChI is InChI=1S/C18H19FN2O2/c19-14-4-3-5-17(12-14)23-13-18(22)20-15-6-8-16(9-7-15)21-10-1-2-11-21/h3-9,12H,1-2,10-11,13H2,(H,20,22). The number of anilines is 2. The lowest BCUT2D eigenvalue weighted by atomic mass is 10.2. The van der Waals surface area contributed by atoms with Crippen molar-refractivity contribution in [1.82, 2.24) is 0 Å². The van der Waals surface area contributed by atoms with E-state index >= 15 is 0 Å². The van der Waals surface area contributed by atoms with Gasteiger partial charge in [-0.3, -0.25) is 4.79 Å². The fraction of sp³-hybridized carbons (Fsp3) is 0.278. The van der Waals surface area contributed by atoms with Crippen LogP contribution in [0, 0.1) is 5.82 Å². The van der Waals surface area contributed by atoms with Gasteiger partial charge in [-0.2, -0.15) is 0 Å². The van der Waals surface area contributed by atoms with Gasteiger partial charge in [0.05, 0.1) is 0 Å². The number of nitrogens with one attached hydrogen (secondary N) is 1. The van der Waals surface area contributed by atoms with Crippen LogP contribution in [0.2, 0.25) is 0 Å². The smallest absolute Gasteiger partial charge is 0.262 e. The Bertz CT molecular complexity index is 667. The zero-order chi connectivity index (χ0) is 16.1. The largest absolute Gasteiger partial charge is 0.484 e. The van der Waals surface area contributed by atoms with E-state index in [1.807, 2.05) is 24.3 Å². The molecule has 4 nitrogen and oxygen atoms in total.